The number of nitrogens with zero attached hydrogens (tertiary/aromatic N) is 3. The number of aromatic amines is 1. The molecule has 3 aromatic rings. The second-order valence-corrected chi connectivity index (χ2v) is 4.11. The van der Waals surface area contributed by atoms with Gasteiger partial charge in [0.2, 0.25) is 0 Å². The summed E-state index contributed by atoms with van der Waals surface area (Å²) in [5.74, 6) is 0. The summed E-state index contributed by atoms with van der Waals surface area (Å²) in [6, 6.07) is 15.2. The summed E-state index contributed by atoms with van der Waals surface area (Å²) in [5, 5.41) is 18.8. The van der Waals surface area contributed by atoms with Crippen LogP contribution in [-0.2, 0) is 0 Å². The first-order valence-corrected chi connectivity index (χ1v) is 5.70. The SMILES string of the molecule is N#Cc1cccc(-c2ccnc3[nH]c(C#N)cc23)c1. The second-order valence-electron chi connectivity index (χ2n) is 4.11. The van der Waals surface area contributed by atoms with Gasteiger partial charge in [-0.3, -0.25) is 0 Å². The van der Waals surface area contributed by atoms with Crippen molar-refractivity contribution in [1.29, 1.82) is 10.5 Å². The third-order valence-corrected chi connectivity index (χ3v) is 2.96. The number of nitrogens with one attached hydrogen (secondary N) is 1. The van der Waals surface area contributed by atoms with Crippen molar-refractivity contribution < 1.29 is 0 Å². The smallest absolute Gasteiger partial charge is 0.138 e. The number of rotatable bonds is 1. The van der Waals surface area contributed by atoms with Crippen LogP contribution in [0, 0.1) is 22.7 Å². The molecular formula is C15H8N4. The monoisotopic (exact) mass is 244 g/mol. The molecule has 3 rings (SSSR count). The molecular weight excluding hydrogens is 236 g/mol. The molecule has 0 saturated carbocycles. The molecule has 0 amide bonds. The quantitative estimate of drug-likeness (QED) is 0.714. The van der Waals surface area contributed by atoms with Gasteiger partial charge in [-0.1, -0.05) is 12.1 Å². The van der Waals surface area contributed by atoms with E-state index in [-0.39, 0.29) is 0 Å². The molecule has 0 aliphatic rings. The van der Waals surface area contributed by atoms with E-state index in [4.69, 9.17) is 10.5 Å². The Hall–Kier alpha value is -3.11. The first kappa shape index (κ1) is 11.0. The summed E-state index contributed by atoms with van der Waals surface area (Å²) < 4.78 is 0. The Balaban J connectivity index is 2.28. The van der Waals surface area contributed by atoms with Gasteiger partial charge >= 0.3 is 0 Å². The predicted octanol–water partition coefficient (Wildman–Crippen LogP) is 2.97. The van der Waals surface area contributed by atoms with E-state index in [1.165, 1.54) is 0 Å². The lowest BCUT2D eigenvalue weighted by atomic mass is 10.0. The Morgan fingerprint density at radius 2 is 1.95 bits per heavy atom. The number of nitriles is 2. The molecule has 1 aromatic carbocycles. The normalized spacial score (nSPS) is 10.0. The highest BCUT2D eigenvalue weighted by molar-refractivity contribution is 5.94. The molecule has 0 fully saturated rings. The van der Waals surface area contributed by atoms with Gasteiger partial charge in [0.05, 0.1) is 11.6 Å². The van der Waals surface area contributed by atoms with Crippen LogP contribution in [0.15, 0.2) is 42.6 Å². The maximum atomic E-state index is 8.95. The minimum atomic E-state index is 0.478. The van der Waals surface area contributed by atoms with E-state index in [2.05, 4.69) is 22.1 Å². The minimum Gasteiger partial charge on any atom is -0.331 e. The van der Waals surface area contributed by atoms with E-state index in [0.29, 0.717) is 16.9 Å². The molecule has 1 N–H and O–H groups in total. The summed E-state index contributed by atoms with van der Waals surface area (Å²) in [6.45, 7) is 0. The van der Waals surface area contributed by atoms with Gasteiger partial charge in [-0.05, 0) is 35.4 Å². The van der Waals surface area contributed by atoms with Crippen molar-refractivity contribution in [2.24, 2.45) is 0 Å². The van der Waals surface area contributed by atoms with E-state index in [0.717, 1.165) is 16.5 Å². The van der Waals surface area contributed by atoms with Gasteiger partial charge in [0.25, 0.3) is 0 Å². The predicted molar refractivity (Wildman–Crippen MR) is 71.0 cm³/mol. The van der Waals surface area contributed by atoms with Crippen LogP contribution in [0.4, 0.5) is 0 Å². The van der Waals surface area contributed by atoms with Crippen molar-refractivity contribution in [3.63, 3.8) is 0 Å². The van der Waals surface area contributed by atoms with Crippen molar-refractivity contribution in [3.8, 4) is 23.3 Å². The topological polar surface area (TPSA) is 76.3 Å². The molecule has 0 radical (unpaired) electrons. The minimum absolute atomic E-state index is 0.478. The molecule has 0 aliphatic heterocycles. The first-order valence-electron chi connectivity index (χ1n) is 5.70. The summed E-state index contributed by atoms with van der Waals surface area (Å²) in [5.41, 5.74) is 3.66. The van der Waals surface area contributed by atoms with E-state index in [9.17, 15) is 0 Å². The fourth-order valence-electron chi connectivity index (χ4n) is 2.10. The molecule has 4 nitrogen and oxygen atoms in total. The largest absolute Gasteiger partial charge is 0.331 e. The van der Waals surface area contributed by atoms with Gasteiger partial charge in [-0.15, -0.1) is 0 Å². The summed E-state index contributed by atoms with van der Waals surface area (Å²) in [7, 11) is 0. The van der Waals surface area contributed by atoms with Gasteiger partial charge in [-0.2, -0.15) is 10.5 Å². The maximum Gasteiger partial charge on any atom is 0.138 e. The van der Waals surface area contributed by atoms with Crippen LogP contribution in [0.25, 0.3) is 22.2 Å². The summed E-state index contributed by atoms with van der Waals surface area (Å²) in [6.07, 6.45) is 1.69. The molecule has 88 valence electrons. The number of H-pyrrole nitrogens is 1. The third-order valence-electron chi connectivity index (χ3n) is 2.96. The molecule has 0 unspecified atom stereocenters. The average molecular weight is 244 g/mol. The fourth-order valence-corrected chi connectivity index (χ4v) is 2.10. The lowest BCUT2D eigenvalue weighted by molar-refractivity contribution is 1.29. The number of benzene rings is 1. The van der Waals surface area contributed by atoms with Crippen LogP contribution in [0.5, 0.6) is 0 Å². The van der Waals surface area contributed by atoms with Gasteiger partial charge in [0.15, 0.2) is 0 Å². The first-order chi connectivity index (χ1) is 9.31. The average Bonchev–Trinajstić information content (AvgIpc) is 2.90. The van der Waals surface area contributed by atoms with E-state index in [1.54, 1.807) is 18.3 Å². The van der Waals surface area contributed by atoms with Gasteiger partial charge in [0, 0.05) is 11.6 Å². The Kier molecular flexibility index (Phi) is 2.48. The Labute approximate surface area is 109 Å². The Morgan fingerprint density at radius 3 is 2.74 bits per heavy atom. The van der Waals surface area contributed by atoms with E-state index >= 15 is 0 Å². The van der Waals surface area contributed by atoms with Crippen LogP contribution in [0.2, 0.25) is 0 Å². The van der Waals surface area contributed by atoms with Crippen LogP contribution in [0.1, 0.15) is 11.3 Å². The highest BCUT2D eigenvalue weighted by Gasteiger charge is 2.08. The maximum absolute atomic E-state index is 8.95. The fraction of sp³-hybridized carbons (Fsp3) is 0. The zero-order valence-corrected chi connectivity index (χ0v) is 9.88. The number of fused-ring (bicyclic) bond motifs is 1. The second kappa shape index (κ2) is 4.29. The van der Waals surface area contributed by atoms with Gasteiger partial charge in [0.1, 0.15) is 17.4 Å². The zero-order chi connectivity index (χ0) is 13.2. The zero-order valence-electron chi connectivity index (χ0n) is 9.88. The molecule has 0 aliphatic carbocycles. The lowest BCUT2D eigenvalue weighted by Gasteiger charge is -2.03. The highest BCUT2D eigenvalue weighted by atomic mass is 14.9. The molecule has 0 spiro atoms. The Bertz CT molecular complexity index is 846. The number of aromatic nitrogens is 2. The molecule has 0 saturated heterocycles. The molecule has 2 aromatic heterocycles. The van der Waals surface area contributed by atoms with E-state index in [1.807, 2.05) is 24.3 Å². The third kappa shape index (κ3) is 1.82. The molecule has 0 bridgehead atoms. The Morgan fingerprint density at radius 1 is 1.05 bits per heavy atom. The van der Waals surface area contributed by atoms with Crippen molar-refractivity contribution in [3.05, 3.63) is 53.9 Å². The summed E-state index contributed by atoms with van der Waals surface area (Å²) in [4.78, 5) is 7.15. The van der Waals surface area contributed by atoms with Crippen LogP contribution in [0.3, 0.4) is 0 Å². The van der Waals surface area contributed by atoms with Crippen molar-refractivity contribution >= 4 is 11.0 Å². The molecule has 0 atom stereocenters. The van der Waals surface area contributed by atoms with Crippen LogP contribution >= 0.6 is 0 Å². The standard InChI is InChI=1S/C15H8N4/c16-8-10-2-1-3-11(6-10)13-4-5-18-15-14(13)7-12(9-17)19-15/h1-7H,(H,18,19). The summed E-state index contributed by atoms with van der Waals surface area (Å²) >= 11 is 0. The lowest BCUT2D eigenvalue weighted by Crippen LogP contribution is -1.83. The van der Waals surface area contributed by atoms with Gasteiger partial charge < -0.3 is 4.98 Å². The number of pyridine rings is 1. The number of hydrogen-bond acceptors (Lipinski definition) is 3. The number of hydrogen-bond donors (Lipinski definition) is 1. The van der Waals surface area contributed by atoms with Crippen LogP contribution in [-0.4, -0.2) is 9.97 Å². The van der Waals surface area contributed by atoms with Crippen LogP contribution < -0.4 is 0 Å². The van der Waals surface area contributed by atoms with Crippen molar-refractivity contribution in [2.45, 2.75) is 0 Å². The van der Waals surface area contributed by atoms with E-state index < -0.39 is 0 Å². The van der Waals surface area contributed by atoms with Crippen molar-refractivity contribution in [2.75, 3.05) is 0 Å². The molecule has 19 heavy (non-hydrogen) atoms. The molecule has 2 heterocycles. The highest BCUT2D eigenvalue weighted by Crippen LogP contribution is 2.28. The van der Waals surface area contributed by atoms with Gasteiger partial charge in [-0.25, -0.2) is 4.98 Å². The van der Waals surface area contributed by atoms with Crippen molar-refractivity contribution in [1.82, 2.24) is 9.97 Å². The molecule has 4 heteroatoms.